The number of hydrogen-bond acceptors (Lipinski definition) is 3. The highest BCUT2D eigenvalue weighted by Gasteiger charge is 2.52. The van der Waals surface area contributed by atoms with Crippen LogP contribution in [0.1, 0.15) is 30.6 Å². The van der Waals surface area contributed by atoms with Gasteiger partial charge in [0.2, 0.25) is 0 Å². The van der Waals surface area contributed by atoms with Crippen LogP contribution in [0.4, 0.5) is 4.39 Å². The standard InChI is InChI=1S/C18H17FN2O2/c1-17(2)9-18(7-13(8-20)15(17)22)10-21(11-18)16(23)12-4-3-5-14(19)6-12/h3-7H,9-11H2,1-2H3. The molecule has 0 unspecified atom stereocenters. The van der Waals surface area contributed by atoms with Crippen LogP contribution in [0.5, 0.6) is 0 Å². The monoisotopic (exact) mass is 312 g/mol. The predicted molar refractivity (Wildman–Crippen MR) is 81.8 cm³/mol. The van der Waals surface area contributed by atoms with Crippen LogP contribution >= 0.6 is 0 Å². The highest BCUT2D eigenvalue weighted by Crippen LogP contribution is 2.48. The van der Waals surface area contributed by atoms with Crippen LogP contribution in [0, 0.1) is 28.0 Å². The number of benzene rings is 1. The second kappa shape index (κ2) is 5.02. The summed E-state index contributed by atoms with van der Waals surface area (Å²) in [5.74, 6) is -0.806. The Labute approximate surface area is 134 Å². The minimum absolute atomic E-state index is 0.138. The molecule has 1 aromatic carbocycles. The number of likely N-dealkylation sites (tertiary alicyclic amines) is 1. The van der Waals surface area contributed by atoms with Gasteiger partial charge in [-0.3, -0.25) is 9.59 Å². The van der Waals surface area contributed by atoms with Crippen molar-refractivity contribution in [3.05, 3.63) is 47.3 Å². The number of hydrogen-bond donors (Lipinski definition) is 0. The van der Waals surface area contributed by atoms with E-state index >= 15 is 0 Å². The van der Waals surface area contributed by atoms with Crippen molar-refractivity contribution in [1.29, 1.82) is 5.26 Å². The molecule has 0 aromatic heterocycles. The number of carbonyl (C=O) groups is 2. The minimum Gasteiger partial charge on any atom is -0.337 e. The molecule has 1 aromatic rings. The molecule has 23 heavy (non-hydrogen) atoms. The summed E-state index contributed by atoms with van der Waals surface area (Å²) in [5.41, 5.74) is -0.436. The van der Waals surface area contributed by atoms with Gasteiger partial charge in [0.25, 0.3) is 5.91 Å². The Morgan fingerprint density at radius 2 is 2.04 bits per heavy atom. The SMILES string of the molecule is CC1(C)CC2(C=C(C#N)C1=O)CN(C(=O)c1cccc(F)c1)C2. The normalized spacial score (nSPS) is 21.4. The lowest BCUT2D eigenvalue weighted by Crippen LogP contribution is -2.60. The van der Waals surface area contributed by atoms with E-state index in [-0.39, 0.29) is 22.7 Å². The number of ketones is 1. The highest BCUT2D eigenvalue weighted by atomic mass is 19.1. The summed E-state index contributed by atoms with van der Waals surface area (Å²) >= 11 is 0. The number of amides is 1. The Morgan fingerprint density at radius 1 is 1.35 bits per heavy atom. The van der Waals surface area contributed by atoms with Gasteiger partial charge < -0.3 is 4.90 Å². The molecule has 1 saturated heterocycles. The zero-order valence-corrected chi connectivity index (χ0v) is 13.1. The molecule has 118 valence electrons. The van der Waals surface area contributed by atoms with Crippen LogP contribution in [-0.2, 0) is 4.79 Å². The van der Waals surface area contributed by atoms with Crippen molar-refractivity contribution >= 4 is 11.7 Å². The Bertz CT molecular complexity index is 767. The van der Waals surface area contributed by atoms with E-state index in [9.17, 15) is 14.0 Å². The lowest BCUT2D eigenvalue weighted by molar-refractivity contribution is -0.127. The summed E-state index contributed by atoms with van der Waals surface area (Å²) in [6.45, 7) is 4.56. The van der Waals surface area contributed by atoms with Crippen molar-refractivity contribution in [2.24, 2.45) is 10.8 Å². The van der Waals surface area contributed by atoms with Gasteiger partial charge in [-0.2, -0.15) is 5.26 Å². The molecule has 1 spiro atoms. The Balaban J connectivity index is 1.80. The summed E-state index contributed by atoms with van der Waals surface area (Å²) in [6, 6.07) is 7.58. The van der Waals surface area contributed by atoms with Crippen LogP contribution in [-0.4, -0.2) is 29.7 Å². The van der Waals surface area contributed by atoms with Gasteiger partial charge >= 0.3 is 0 Å². The first-order valence-electron chi connectivity index (χ1n) is 7.49. The molecule has 1 aliphatic heterocycles. The number of allylic oxidation sites excluding steroid dienone is 1. The molecule has 0 bridgehead atoms. The smallest absolute Gasteiger partial charge is 0.254 e. The van der Waals surface area contributed by atoms with Gasteiger partial charge in [-0.25, -0.2) is 4.39 Å². The van der Waals surface area contributed by atoms with E-state index in [1.165, 1.54) is 18.2 Å². The average Bonchev–Trinajstić information content (AvgIpc) is 2.46. The zero-order chi connectivity index (χ0) is 16.8. The van der Waals surface area contributed by atoms with Crippen LogP contribution in [0.2, 0.25) is 0 Å². The number of nitrogens with zero attached hydrogens (tertiary/aromatic N) is 2. The topological polar surface area (TPSA) is 61.2 Å². The quantitative estimate of drug-likeness (QED) is 0.801. The third-order valence-electron chi connectivity index (χ3n) is 4.59. The molecule has 0 radical (unpaired) electrons. The van der Waals surface area contributed by atoms with Gasteiger partial charge in [0.15, 0.2) is 5.78 Å². The molecule has 3 rings (SSSR count). The van der Waals surface area contributed by atoms with Crippen molar-refractivity contribution in [2.75, 3.05) is 13.1 Å². The molecule has 1 heterocycles. The first-order valence-corrected chi connectivity index (χ1v) is 7.49. The van der Waals surface area contributed by atoms with Crippen molar-refractivity contribution in [1.82, 2.24) is 4.90 Å². The van der Waals surface area contributed by atoms with Gasteiger partial charge in [-0.05, 0) is 24.6 Å². The molecule has 0 saturated carbocycles. The van der Waals surface area contributed by atoms with Crippen LogP contribution in [0.3, 0.4) is 0 Å². The van der Waals surface area contributed by atoms with Crippen molar-refractivity contribution in [3.63, 3.8) is 0 Å². The molecule has 1 fully saturated rings. The molecule has 4 nitrogen and oxygen atoms in total. The van der Waals surface area contributed by atoms with Crippen molar-refractivity contribution < 1.29 is 14.0 Å². The lowest BCUT2D eigenvalue weighted by atomic mass is 9.61. The van der Waals surface area contributed by atoms with Gasteiger partial charge in [0.05, 0.1) is 5.57 Å². The number of rotatable bonds is 1. The minimum atomic E-state index is -0.603. The average molecular weight is 312 g/mol. The van der Waals surface area contributed by atoms with Crippen molar-refractivity contribution in [2.45, 2.75) is 20.3 Å². The van der Waals surface area contributed by atoms with Crippen LogP contribution in [0.25, 0.3) is 0 Å². The zero-order valence-electron chi connectivity index (χ0n) is 13.1. The highest BCUT2D eigenvalue weighted by molar-refractivity contribution is 6.04. The third kappa shape index (κ3) is 2.55. The number of halogens is 1. The van der Waals surface area contributed by atoms with Gasteiger partial charge in [0, 0.05) is 29.5 Å². The van der Waals surface area contributed by atoms with E-state index in [0.29, 0.717) is 25.1 Å². The second-order valence-corrected chi connectivity index (χ2v) is 7.09. The summed E-state index contributed by atoms with van der Waals surface area (Å²) in [4.78, 5) is 26.2. The maximum atomic E-state index is 13.2. The molecule has 0 atom stereocenters. The molecular weight excluding hydrogens is 295 g/mol. The van der Waals surface area contributed by atoms with E-state index in [0.717, 1.165) is 0 Å². The van der Waals surface area contributed by atoms with Gasteiger partial charge in [-0.1, -0.05) is 26.0 Å². The summed E-state index contributed by atoms with van der Waals surface area (Å²) in [5, 5.41) is 9.17. The fourth-order valence-electron chi connectivity index (χ4n) is 3.70. The summed E-state index contributed by atoms with van der Waals surface area (Å²) in [7, 11) is 0. The first kappa shape index (κ1) is 15.4. The lowest BCUT2D eigenvalue weighted by Gasteiger charge is -2.53. The van der Waals surface area contributed by atoms with Gasteiger partial charge in [-0.15, -0.1) is 0 Å². The molecule has 5 heteroatoms. The van der Waals surface area contributed by atoms with E-state index in [2.05, 4.69) is 0 Å². The largest absolute Gasteiger partial charge is 0.337 e. The van der Waals surface area contributed by atoms with E-state index in [1.54, 1.807) is 17.0 Å². The number of Topliss-reactive ketones (excluding diaryl/α,β-unsaturated/α-hetero) is 1. The Hall–Kier alpha value is -2.48. The second-order valence-electron chi connectivity index (χ2n) is 7.09. The maximum Gasteiger partial charge on any atom is 0.254 e. The molecule has 1 aliphatic carbocycles. The molecule has 0 N–H and O–H groups in total. The van der Waals surface area contributed by atoms with E-state index < -0.39 is 11.2 Å². The van der Waals surface area contributed by atoms with Crippen molar-refractivity contribution in [3.8, 4) is 6.07 Å². The number of nitriles is 1. The fraction of sp³-hybridized carbons (Fsp3) is 0.389. The number of carbonyl (C=O) groups excluding carboxylic acids is 2. The molecule has 2 aliphatic rings. The Morgan fingerprint density at radius 3 is 2.65 bits per heavy atom. The van der Waals surface area contributed by atoms with Crippen LogP contribution < -0.4 is 0 Å². The first-order chi connectivity index (χ1) is 10.8. The predicted octanol–water partition coefficient (Wildman–Crippen LogP) is 2.72. The summed E-state index contributed by atoms with van der Waals surface area (Å²) in [6.07, 6.45) is 2.33. The van der Waals surface area contributed by atoms with E-state index in [1.807, 2.05) is 19.9 Å². The Kier molecular flexibility index (Phi) is 3.36. The molecule has 1 amide bonds. The summed E-state index contributed by atoms with van der Waals surface area (Å²) < 4.78 is 13.2. The van der Waals surface area contributed by atoms with Crippen LogP contribution in [0.15, 0.2) is 35.9 Å². The maximum absolute atomic E-state index is 13.2. The van der Waals surface area contributed by atoms with E-state index in [4.69, 9.17) is 5.26 Å². The molecular formula is C18H17FN2O2. The third-order valence-corrected chi connectivity index (χ3v) is 4.59. The van der Waals surface area contributed by atoms with Gasteiger partial charge in [0.1, 0.15) is 11.9 Å². The fourth-order valence-corrected chi connectivity index (χ4v) is 3.70.